The average Bonchev–Trinajstić information content (AvgIpc) is 3.14. The molecule has 1 aromatic heterocycles. The van der Waals surface area contributed by atoms with Gasteiger partial charge in [-0.1, -0.05) is 6.42 Å². The third-order valence-corrected chi connectivity index (χ3v) is 5.23. The molecule has 1 saturated heterocycles. The van der Waals surface area contributed by atoms with Gasteiger partial charge in [0.15, 0.2) is 0 Å². The van der Waals surface area contributed by atoms with E-state index in [9.17, 15) is 0 Å². The Kier molecular flexibility index (Phi) is 2.76. The Morgan fingerprint density at radius 2 is 2.21 bits per heavy atom. The van der Waals surface area contributed by atoms with Gasteiger partial charge < -0.3 is 10.2 Å². The average molecular weight is 261 g/mol. The summed E-state index contributed by atoms with van der Waals surface area (Å²) >= 11 is 0. The van der Waals surface area contributed by atoms with Crippen LogP contribution in [-0.4, -0.2) is 40.9 Å². The molecule has 2 N–H and O–H groups in total. The van der Waals surface area contributed by atoms with Gasteiger partial charge in [-0.05, 0) is 38.0 Å². The van der Waals surface area contributed by atoms with E-state index in [0.717, 1.165) is 43.2 Å². The Bertz CT molecular complexity index is 456. The first kappa shape index (κ1) is 11.7. The van der Waals surface area contributed by atoms with Crippen molar-refractivity contribution < 1.29 is 0 Å². The number of nitrogens with zero attached hydrogens (tertiary/aromatic N) is 3. The fourth-order valence-electron chi connectivity index (χ4n) is 4.27. The van der Waals surface area contributed by atoms with E-state index in [4.69, 9.17) is 4.98 Å². The topological polar surface area (TPSA) is 56.8 Å². The molecule has 0 spiro atoms. The molecule has 0 aromatic carbocycles. The normalized spacial score (nSPS) is 38.1. The van der Waals surface area contributed by atoms with Crippen molar-refractivity contribution in [1.29, 1.82) is 0 Å². The highest BCUT2D eigenvalue weighted by Crippen LogP contribution is 2.52. The first-order valence-electron chi connectivity index (χ1n) is 7.70. The van der Waals surface area contributed by atoms with Crippen LogP contribution < -0.4 is 10.2 Å². The third kappa shape index (κ3) is 2.04. The molecule has 5 heteroatoms. The van der Waals surface area contributed by atoms with Gasteiger partial charge in [-0.3, -0.25) is 5.10 Å². The fourth-order valence-corrected chi connectivity index (χ4v) is 4.27. The van der Waals surface area contributed by atoms with E-state index in [2.05, 4.69) is 27.3 Å². The third-order valence-electron chi connectivity index (χ3n) is 5.23. The van der Waals surface area contributed by atoms with E-state index < -0.39 is 0 Å². The first-order valence-corrected chi connectivity index (χ1v) is 7.70. The van der Waals surface area contributed by atoms with Gasteiger partial charge in [0.05, 0.1) is 0 Å². The number of anilines is 1. The maximum absolute atomic E-state index is 4.80. The summed E-state index contributed by atoms with van der Waals surface area (Å²) in [5, 5.41) is 11.1. The lowest BCUT2D eigenvalue weighted by molar-refractivity contribution is 0.406. The van der Waals surface area contributed by atoms with Crippen LogP contribution in [0.15, 0.2) is 0 Å². The summed E-state index contributed by atoms with van der Waals surface area (Å²) in [6, 6.07) is 0.526. The first-order chi connectivity index (χ1) is 9.29. The van der Waals surface area contributed by atoms with E-state index >= 15 is 0 Å². The van der Waals surface area contributed by atoms with E-state index in [1.165, 1.54) is 25.7 Å². The molecule has 2 bridgehead atoms. The van der Waals surface area contributed by atoms with Gasteiger partial charge in [-0.25, -0.2) is 0 Å². The molecule has 2 aliphatic carbocycles. The Morgan fingerprint density at radius 3 is 2.95 bits per heavy atom. The molecule has 4 rings (SSSR count). The Balaban J connectivity index is 1.50. The predicted molar refractivity (Wildman–Crippen MR) is 74.2 cm³/mol. The van der Waals surface area contributed by atoms with Gasteiger partial charge in [0.25, 0.3) is 0 Å². The quantitative estimate of drug-likeness (QED) is 0.847. The lowest BCUT2D eigenvalue weighted by Crippen LogP contribution is -2.49. The van der Waals surface area contributed by atoms with Crippen molar-refractivity contribution in [3.05, 3.63) is 5.82 Å². The van der Waals surface area contributed by atoms with Crippen molar-refractivity contribution in [3.63, 3.8) is 0 Å². The van der Waals surface area contributed by atoms with Crippen molar-refractivity contribution in [2.24, 2.45) is 11.8 Å². The van der Waals surface area contributed by atoms with E-state index in [1.807, 2.05) is 0 Å². The van der Waals surface area contributed by atoms with Crippen molar-refractivity contribution in [2.45, 2.75) is 44.6 Å². The van der Waals surface area contributed by atoms with Crippen LogP contribution in [0.1, 0.15) is 44.3 Å². The summed E-state index contributed by atoms with van der Waals surface area (Å²) in [6.07, 6.45) is 5.59. The molecule has 5 nitrogen and oxygen atoms in total. The lowest BCUT2D eigenvalue weighted by atomic mass is 9.88. The second-order valence-corrected chi connectivity index (χ2v) is 6.60. The molecule has 3 unspecified atom stereocenters. The summed E-state index contributed by atoms with van der Waals surface area (Å²) in [5.41, 5.74) is 0. The number of piperazine rings is 1. The maximum Gasteiger partial charge on any atom is 0.244 e. The molecular weight excluding hydrogens is 238 g/mol. The molecule has 3 fully saturated rings. The number of rotatable bonds is 2. The van der Waals surface area contributed by atoms with E-state index in [0.29, 0.717) is 12.0 Å². The van der Waals surface area contributed by atoms with Crippen LogP contribution in [0.5, 0.6) is 0 Å². The molecule has 2 heterocycles. The van der Waals surface area contributed by atoms with Crippen LogP contribution in [0.25, 0.3) is 0 Å². The molecule has 4 atom stereocenters. The zero-order valence-corrected chi connectivity index (χ0v) is 11.6. The van der Waals surface area contributed by atoms with Crippen LogP contribution in [-0.2, 0) is 0 Å². The zero-order valence-electron chi connectivity index (χ0n) is 11.6. The fraction of sp³-hybridized carbons (Fsp3) is 0.857. The molecule has 0 radical (unpaired) electrons. The van der Waals surface area contributed by atoms with Crippen LogP contribution >= 0.6 is 0 Å². The number of H-pyrrole nitrogens is 1. The Hall–Kier alpha value is -1.10. The maximum atomic E-state index is 4.80. The summed E-state index contributed by atoms with van der Waals surface area (Å²) in [5.74, 6) is 4.54. The van der Waals surface area contributed by atoms with Crippen molar-refractivity contribution in [1.82, 2.24) is 20.5 Å². The molecule has 3 aliphatic rings. The highest BCUT2D eigenvalue weighted by molar-refractivity contribution is 5.31. The van der Waals surface area contributed by atoms with Gasteiger partial charge in [0, 0.05) is 31.6 Å². The van der Waals surface area contributed by atoms with Crippen LogP contribution in [0.2, 0.25) is 0 Å². The number of nitrogens with one attached hydrogen (secondary N) is 2. The zero-order chi connectivity index (χ0) is 12.8. The Labute approximate surface area is 114 Å². The number of fused-ring (bicyclic) bond motifs is 2. The smallest absolute Gasteiger partial charge is 0.244 e. The highest BCUT2D eigenvalue weighted by atomic mass is 15.4. The molecule has 1 aromatic rings. The molecule has 0 amide bonds. The van der Waals surface area contributed by atoms with Crippen LogP contribution in [0.3, 0.4) is 0 Å². The second kappa shape index (κ2) is 4.47. The van der Waals surface area contributed by atoms with Gasteiger partial charge >= 0.3 is 0 Å². The summed E-state index contributed by atoms with van der Waals surface area (Å²) < 4.78 is 0. The number of hydrogen-bond donors (Lipinski definition) is 2. The molecule has 19 heavy (non-hydrogen) atoms. The monoisotopic (exact) mass is 261 g/mol. The van der Waals surface area contributed by atoms with Gasteiger partial charge in [0.1, 0.15) is 5.82 Å². The number of aromatic nitrogens is 3. The molecule has 104 valence electrons. The number of hydrogen-bond acceptors (Lipinski definition) is 4. The van der Waals surface area contributed by atoms with Gasteiger partial charge in [0.2, 0.25) is 5.95 Å². The van der Waals surface area contributed by atoms with Crippen molar-refractivity contribution in [2.75, 3.05) is 24.5 Å². The van der Waals surface area contributed by atoms with Crippen LogP contribution in [0.4, 0.5) is 5.95 Å². The minimum absolute atomic E-state index is 0.526. The second-order valence-electron chi connectivity index (χ2n) is 6.60. The summed E-state index contributed by atoms with van der Waals surface area (Å²) in [7, 11) is 0. The predicted octanol–water partition coefficient (Wildman–Crippen LogP) is 1.51. The van der Waals surface area contributed by atoms with Gasteiger partial charge in [-0.15, -0.1) is 5.10 Å². The van der Waals surface area contributed by atoms with E-state index in [-0.39, 0.29) is 0 Å². The number of aromatic amines is 1. The SMILES string of the molecule is C[C@@H]1CN(c2n[nH]c(C3CC4CCC3C4)n2)CCN1. The van der Waals surface area contributed by atoms with Crippen LogP contribution in [0, 0.1) is 11.8 Å². The standard InChI is InChI=1S/C14H23N5/c1-9-8-19(5-4-15-9)14-16-13(17-18-14)12-7-10-2-3-11(12)6-10/h9-12,15H,2-8H2,1H3,(H,16,17,18)/t9-,10?,11?,12?/m1/s1. The Morgan fingerprint density at radius 1 is 1.26 bits per heavy atom. The highest BCUT2D eigenvalue weighted by Gasteiger charge is 2.41. The largest absolute Gasteiger partial charge is 0.337 e. The molecular formula is C14H23N5. The van der Waals surface area contributed by atoms with Crippen molar-refractivity contribution in [3.8, 4) is 0 Å². The summed E-state index contributed by atoms with van der Waals surface area (Å²) in [4.78, 5) is 7.10. The lowest BCUT2D eigenvalue weighted by Gasteiger charge is -2.30. The minimum atomic E-state index is 0.526. The molecule has 1 aliphatic heterocycles. The van der Waals surface area contributed by atoms with Gasteiger partial charge in [-0.2, -0.15) is 4.98 Å². The summed E-state index contributed by atoms with van der Waals surface area (Å²) in [6.45, 7) is 5.27. The molecule has 2 saturated carbocycles. The minimum Gasteiger partial charge on any atom is -0.337 e. The van der Waals surface area contributed by atoms with Crippen molar-refractivity contribution >= 4 is 5.95 Å². The van der Waals surface area contributed by atoms with E-state index in [1.54, 1.807) is 0 Å².